The van der Waals surface area contributed by atoms with Crippen molar-refractivity contribution in [1.82, 2.24) is 9.97 Å². The number of nitrogens with zero attached hydrogens (tertiary/aromatic N) is 2. The molecule has 0 aromatic carbocycles. The second-order valence-corrected chi connectivity index (χ2v) is 4.88. The van der Waals surface area contributed by atoms with Gasteiger partial charge < -0.3 is 10.6 Å². The molecule has 1 aromatic heterocycles. The molecular weight excluding hydrogens is 268 g/mol. The Bertz CT molecular complexity index is 328. The summed E-state index contributed by atoms with van der Waals surface area (Å²) in [6.45, 7) is 8.20. The van der Waals surface area contributed by atoms with Crippen molar-refractivity contribution in [3.63, 3.8) is 0 Å². The Labute approximate surface area is 105 Å². The Hall–Kier alpha value is -0.840. The van der Waals surface area contributed by atoms with Gasteiger partial charge in [0.2, 0.25) is 5.95 Å². The largest absolute Gasteiger partial charge is 0.369 e. The van der Waals surface area contributed by atoms with E-state index in [0.717, 1.165) is 29.8 Å². The van der Waals surface area contributed by atoms with Crippen LogP contribution in [-0.4, -0.2) is 23.1 Å². The molecule has 0 bridgehead atoms. The first-order valence-corrected chi connectivity index (χ1v) is 6.43. The van der Waals surface area contributed by atoms with E-state index in [9.17, 15) is 0 Å². The molecule has 2 N–H and O–H groups in total. The van der Waals surface area contributed by atoms with Gasteiger partial charge in [0.15, 0.2) is 0 Å². The standard InChI is InChI=1S/C11H19BrN4/c1-4-13-11-15-7-9(12)10(16-11)14-6-5-8(2)3/h7-8H,4-6H2,1-3H3,(H2,13,14,15,16). The van der Waals surface area contributed by atoms with E-state index in [1.807, 2.05) is 6.92 Å². The third-order valence-corrected chi connectivity index (χ3v) is 2.67. The fourth-order valence-electron chi connectivity index (χ4n) is 1.21. The van der Waals surface area contributed by atoms with E-state index in [-0.39, 0.29) is 0 Å². The van der Waals surface area contributed by atoms with Crippen molar-refractivity contribution in [3.05, 3.63) is 10.7 Å². The maximum absolute atomic E-state index is 4.38. The van der Waals surface area contributed by atoms with E-state index in [1.54, 1.807) is 6.20 Å². The highest BCUT2D eigenvalue weighted by atomic mass is 79.9. The molecule has 90 valence electrons. The summed E-state index contributed by atoms with van der Waals surface area (Å²) in [6.07, 6.45) is 2.90. The summed E-state index contributed by atoms with van der Waals surface area (Å²) in [4.78, 5) is 8.54. The van der Waals surface area contributed by atoms with E-state index < -0.39 is 0 Å². The molecule has 0 fully saturated rings. The molecule has 16 heavy (non-hydrogen) atoms. The molecule has 0 radical (unpaired) electrons. The summed E-state index contributed by atoms with van der Waals surface area (Å²) in [5.74, 6) is 2.21. The van der Waals surface area contributed by atoms with E-state index in [2.05, 4.69) is 50.4 Å². The molecule has 0 atom stereocenters. The monoisotopic (exact) mass is 286 g/mol. The predicted molar refractivity (Wildman–Crippen MR) is 71.8 cm³/mol. The second kappa shape index (κ2) is 6.68. The number of nitrogens with one attached hydrogen (secondary N) is 2. The van der Waals surface area contributed by atoms with E-state index >= 15 is 0 Å². The van der Waals surface area contributed by atoms with E-state index in [0.29, 0.717) is 11.9 Å². The molecule has 0 spiro atoms. The van der Waals surface area contributed by atoms with Crippen LogP contribution in [0.5, 0.6) is 0 Å². The lowest BCUT2D eigenvalue weighted by Crippen LogP contribution is -2.09. The molecule has 0 saturated carbocycles. The first-order chi connectivity index (χ1) is 7.63. The lowest BCUT2D eigenvalue weighted by molar-refractivity contribution is 0.606. The highest BCUT2D eigenvalue weighted by molar-refractivity contribution is 9.10. The molecule has 1 rings (SSSR count). The van der Waals surface area contributed by atoms with Crippen molar-refractivity contribution < 1.29 is 0 Å². The highest BCUT2D eigenvalue weighted by Crippen LogP contribution is 2.20. The highest BCUT2D eigenvalue weighted by Gasteiger charge is 2.04. The fraction of sp³-hybridized carbons (Fsp3) is 0.636. The smallest absolute Gasteiger partial charge is 0.224 e. The minimum Gasteiger partial charge on any atom is -0.369 e. The topological polar surface area (TPSA) is 49.8 Å². The van der Waals surface area contributed by atoms with Gasteiger partial charge in [-0.15, -0.1) is 0 Å². The van der Waals surface area contributed by atoms with Gasteiger partial charge in [-0.1, -0.05) is 13.8 Å². The van der Waals surface area contributed by atoms with Crippen molar-refractivity contribution in [2.75, 3.05) is 23.7 Å². The van der Waals surface area contributed by atoms with Crippen LogP contribution < -0.4 is 10.6 Å². The van der Waals surface area contributed by atoms with Crippen LogP contribution >= 0.6 is 15.9 Å². The van der Waals surface area contributed by atoms with Gasteiger partial charge in [0.05, 0.1) is 4.47 Å². The lowest BCUT2D eigenvalue weighted by atomic mass is 10.1. The lowest BCUT2D eigenvalue weighted by Gasteiger charge is -2.10. The first-order valence-electron chi connectivity index (χ1n) is 5.63. The number of anilines is 2. The summed E-state index contributed by atoms with van der Waals surface area (Å²) in [6, 6.07) is 0. The average Bonchev–Trinajstić information content (AvgIpc) is 2.22. The van der Waals surface area contributed by atoms with Gasteiger partial charge in [-0.2, -0.15) is 4.98 Å². The normalized spacial score (nSPS) is 10.6. The molecule has 0 saturated heterocycles. The SMILES string of the molecule is CCNc1ncc(Br)c(NCCC(C)C)n1. The van der Waals surface area contributed by atoms with Crippen molar-refractivity contribution in [1.29, 1.82) is 0 Å². The zero-order valence-corrected chi connectivity index (χ0v) is 11.6. The minimum absolute atomic E-state index is 0.665. The fourth-order valence-corrected chi connectivity index (χ4v) is 1.54. The molecular formula is C11H19BrN4. The molecule has 0 aliphatic heterocycles. The quantitative estimate of drug-likeness (QED) is 0.844. The molecule has 0 amide bonds. The van der Waals surface area contributed by atoms with Crippen LogP contribution in [0.2, 0.25) is 0 Å². The number of aromatic nitrogens is 2. The van der Waals surface area contributed by atoms with Crippen LogP contribution in [0, 0.1) is 5.92 Å². The zero-order valence-electron chi connectivity index (χ0n) is 10.0. The van der Waals surface area contributed by atoms with Crippen molar-refractivity contribution >= 4 is 27.7 Å². The van der Waals surface area contributed by atoms with Crippen LogP contribution in [0.3, 0.4) is 0 Å². The van der Waals surface area contributed by atoms with Gasteiger partial charge in [0.25, 0.3) is 0 Å². The molecule has 5 heteroatoms. The van der Waals surface area contributed by atoms with Gasteiger partial charge >= 0.3 is 0 Å². The first kappa shape index (κ1) is 13.2. The number of rotatable bonds is 6. The van der Waals surface area contributed by atoms with E-state index in [4.69, 9.17) is 0 Å². The van der Waals surface area contributed by atoms with E-state index in [1.165, 1.54) is 0 Å². The molecule has 0 aliphatic carbocycles. The summed E-state index contributed by atoms with van der Waals surface area (Å²) in [5, 5.41) is 6.40. The van der Waals surface area contributed by atoms with Crippen LogP contribution in [0.15, 0.2) is 10.7 Å². The Morgan fingerprint density at radius 1 is 1.38 bits per heavy atom. The Morgan fingerprint density at radius 3 is 2.75 bits per heavy atom. The minimum atomic E-state index is 0.665. The summed E-state index contributed by atoms with van der Waals surface area (Å²) < 4.78 is 0.901. The maximum atomic E-state index is 4.38. The van der Waals surface area contributed by atoms with Crippen molar-refractivity contribution in [3.8, 4) is 0 Å². The number of hydrogen-bond acceptors (Lipinski definition) is 4. The van der Waals surface area contributed by atoms with Crippen molar-refractivity contribution in [2.24, 2.45) is 5.92 Å². The Morgan fingerprint density at radius 2 is 2.12 bits per heavy atom. The van der Waals surface area contributed by atoms with Crippen LogP contribution in [0.25, 0.3) is 0 Å². The summed E-state index contributed by atoms with van der Waals surface area (Å²) in [5.41, 5.74) is 0. The van der Waals surface area contributed by atoms with Crippen LogP contribution in [0.4, 0.5) is 11.8 Å². The van der Waals surface area contributed by atoms with Gasteiger partial charge in [0.1, 0.15) is 5.82 Å². The predicted octanol–water partition coefficient (Wildman–Crippen LogP) is 3.13. The third kappa shape index (κ3) is 4.35. The van der Waals surface area contributed by atoms with Gasteiger partial charge in [-0.05, 0) is 35.2 Å². The Kier molecular flexibility index (Phi) is 5.52. The van der Waals surface area contributed by atoms with Crippen LogP contribution in [0.1, 0.15) is 27.2 Å². The Balaban J connectivity index is 2.59. The summed E-state index contributed by atoms with van der Waals surface area (Å²) in [7, 11) is 0. The third-order valence-electron chi connectivity index (χ3n) is 2.09. The second-order valence-electron chi connectivity index (χ2n) is 4.03. The number of halogens is 1. The molecule has 0 unspecified atom stereocenters. The molecule has 0 aliphatic rings. The van der Waals surface area contributed by atoms with Gasteiger partial charge in [0, 0.05) is 19.3 Å². The number of hydrogen-bond donors (Lipinski definition) is 2. The van der Waals surface area contributed by atoms with Crippen LogP contribution in [-0.2, 0) is 0 Å². The van der Waals surface area contributed by atoms with Gasteiger partial charge in [-0.25, -0.2) is 4.98 Å². The van der Waals surface area contributed by atoms with Crippen molar-refractivity contribution in [2.45, 2.75) is 27.2 Å². The maximum Gasteiger partial charge on any atom is 0.224 e. The molecule has 1 aromatic rings. The molecule has 1 heterocycles. The van der Waals surface area contributed by atoms with Gasteiger partial charge in [-0.3, -0.25) is 0 Å². The molecule has 4 nitrogen and oxygen atoms in total. The zero-order chi connectivity index (χ0) is 12.0. The average molecular weight is 287 g/mol. The summed E-state index contributed by atoms with van der Waals surface area (Å²) >= 11 is 3.43.